The molecule has 1 atom stereocenters. The Hall–Kier alpha value is -2.64. The minimum atomic E-state index is -0.276. The molecule has 0 radical (unpaired) electrons. The molecule has 134 valence electrons. The summed E-state index contributed by atoms with van der Waals surface area (Å²) in [6.07, 6.45) is 7.30. The van der Waals surface area contributed by atoms with Crippen LogP contribution in [0.2, 0.25) is 0 Å². The van der Waals surface area contributed by atoms with Gasteiger partial charge in [-0.1, -0.05) is 0 Å². The third-order valence-electron chi connectivity index (χ3n) is 4.26. The van der Waals surface area contributed by atoms with Crippen LogP contribution in [-0.2, 0) is 13.5 Å². The number of hydrogen-bond donors (Lipinski definition) is 2. The van der Waals surface area contributed by atoms with E-state index in [0.29, 0.717) is 12.4 Å². The molecule has 1 aliphatic heterocycles. The maximum Gasteiger partial charge on any atom is 0.191 e. The minimum Gasteiger partial charge on any atom is -0.356 e. The molecule has 3 heterocycles. The summed E-state index contributed by atoms with van der Waals surface area (Å²) in [5, 5.41) is 10.9. The Bertz CT molecular complexity index is 727. The Morgan fingerprint density at radius 1 is 1.48 bits per heavy atom. The molecule has 1 unspecified atom stereocenters. The number of hydrogen-bond acceptors (Lipinski definition) is 4. The van der Waals surface area contributed by atoms with Gasteiger partial charge >= 0.3 is 0 Å². The highest BCUT2D eigenvalue weighted by molar-refractivity contribution is 5.80. The summed E-state index contributed by atoms with van der Waals surface area (Å²) in [4.78, 5) is 10.4. The lowest BCUT2D eigenvalue weighted by Crippen LogP contribution is -2.45. The predicted molar refractivity (Wildman–Crippen MR) is 96.2 cm³/mol. The Kier molecular flexibility index (Phi) is 5.47. The number of aryl methyl sites for hydroxylation is 1. The van der Waals surface area contributed by atoms with Crippen LogP contribution in [0.3, 0.4) is 0 Å². The number of anilines is 1. The topological polar surface area (TPSA) is 70.4 Å². The molecular formula is C17H24FN7. The lowest BCUT2D eigenvalue weighted by molar-refractivity contribution is 0.612. The van der Waals surface area contributed by atoms with E-state index in [0.717, 1.165) is 31.9 Å². The van der Waals surface area contributed by atoms with E-state index in [4.69, 9.17) is 0 Å². The number of aliphatic imine (C=N–C) groups is 1. The summed E-state index contributed by atoms with van der Waals surface area (Å²) in [6, 6.07) is 3.27. The first-order chi connectivity index (χ1) is 12.2. The molecule has 1 saturated heterocycles. The molecule has 8 heteroatoms. The van der Waals surface area contributed by atoms with Gasteiger partial charge in [-0.05, 0) is 30.5 Å². The Morgan fingerprint density at radius 3 is 3.08 bits per heavy atom. The van der Waals surface area contributed by atoms with E-state index in [9.17, 15) is 4.39 Å². The first kappa shape index (κ1) is 17.2. The highest BCUT2D eigenvalue weighted by atomic mass is 19.1. The summed E-state index contributed by atoms with van der Waals surface area (Å²) in [5.74, 6) is 0.908. The normalized spacial score (nSPS) is 17.8. The highest BCUT2D eigenvalue weighted by Crippen LogP contribution is 2.20. The summed E-state index contributed by atoms with van der Waals surface area (Å²) in [6.45, 7) is 2.26. The van der Waals surface area contributed by atoms with Crippen LogP contribution in [0.15, 0.2) is 35.7 Å². The molecule has 0 amide bonds. The highest BCUT2D eigenvalue weighted by Gasteiger charge is 2.25. The van der Waals surface area contributed by atoms with Gasteiger partial charge in [-0.3, -0.25) is 9.67 Å². The van der Waals surface area contributed by atoms with Crippen molar-refractivity contribution in [2.45, 2.75) is 18.9 Å². The maximum absolute atomic E-state index is 13.9. The quantitative estimate of drug-likeness (QED) is 0.623. The first-order valence-corrected chi connectivity index (χ1v) is 8.46. The average molecular weight is 345 g/mol. The molecule has 2 aromatic rings. The Balaban J connectivity index is 1.47. The van der Waals surface area contributed by atoms with Crippen LogP contribution in [0.5, 0.6) is 0 Å². The van der Waals surface area contributed by atoms with Crippen molar-refractivity contribution >= 4 is 11.8 Å². The smallest absolute Gasteiger partial charge is 0.191 e. The number of rotatable bonds is 5. The van der Waals surface area contributed by atoms with Gasteiger partial charge in [0.25, 0.3) is 0 Å². The zero-order valence-corrected chi connectivity index (χ0v) is 14.6. The number of aromatic nitrogens is 3. The zero-order valence-electron chi connectivity index (χ0n) is 14.6. The molecule has 0 spiro atoms. The summed E-state index contributed by atoms with van der Waals surface area (Å²) >= 11 is 0. The van der Waals surface area contributed by atoms with Crippen molar-refractivity contribution in [3.63, 3.8) is 0 Å². The van der Waals surface area contributed by atoms with Crippen LogP contribution in [0.25, 0.3) is 0 Å². The minimum absolute atomic E-state index is 0.214. The van der Waals surface area contributed by atoms with Gasteiger partial charge in [-0.2, -0.15) is 5.10 Å². The zero-order chi connectivity index (χ0) is 17.6. The third-order valence-corrected chi connectivity index (χ3v) is 4.26. The second kappa shape index (κ2) is 7.96. The van der Waals surface area contributed by atoms with Gasteiger partial charge in [0.2, 0.25) is 0 Å². The molecule has 2 N–H and O–H groups in total. The van der Waals surface area contributed by atoms with E-state index < -0.39 is 0 Å². The van der Waals surface area contributed by atoms with E-state index in [1.54, 1.807) is 24.0 Å². The molecule has 7 nitrogen and oxygen atoms in total. The lowest BCUT2D eigenvalue weighted by Gasteiger charge is -2.19. The van der Waals surface area contributed by atoms with Gasteiger partial charge in [0.15, 0.2) is 17.6 Å². The molecule has 0 saturated carbocycles. The fraction of sp³-hybridized carbons (Fsp3) is 0.471. The molecule has 1 fully saturated rings. The molecule has 3 rings (SSSR count). The first-order valence-electron chi connectivity index (χ1n) is 8.46. The van der Waals surface area contributed by atoms with Gasteiger partial charge < -0.3 is 15.5 Å². The van der Waals surface area contributed by atoms with E-state index in [1.807, 2.05) is 24.3 Å². The Morgan fingerprint density at radius 2 is 2.36 bits per heavy atom. The predicted octanol–water partition coefficient (Wildman–Crippen LogP) is 0.941. The summed E-state index contributed by atoms with van der Waals surface area (Å²) < 4.78 is 15.7. The van der Waals surface area contributed by atoms with Gasteiger partial charge in [0.1, 0.15) is 0 Å². The fourth-order valence-electron chi connectivity index (χ4n) is 2.99. The summed E-state index contributed by atoms with van der Waals surface area (Å²) in [7, 11) is 3.66. The molecule has 25 heavy (non-hydrogen) atoms. The van der Waals surface area contributed by atoms with Crippen molar-refractivity contribution in [3.8, 4) is 0 Å². The largest absolute Gasteiger partial charge is 0.356 e. The molecule has 0 bridgehead atoms. The molecule has 0 aliphatic carbocycles. The molecule has 1 aliphatic rings. The average Bonchev–Trinajstić information content (AvgIpc) is 3.23. The molecule has 0 aromatic carbocycles. The van der Waals surface area contributed by atoms with Crippen LogP contribution in [0, 0.1) is 5.82 Å². The van der Waals surface area contributed by atoms with Crippen molar-refractivity contribution in [2.75, 3.05) is 31.6 Å². The van der Waals surface area contributed by atoms with Gasteiger partial charge in [-0.15, -0.1) is 0 Å². The van der Waals surface area contributed by atoms with E-state index in [-0.39, 0.29) is 11.9 Å². The van der Waals surface area contributed by atoms with Crippen molar-refractivity contribution in [3.05, 3.63) is 42.1 Å². The number of pyridine rings is 1. The van der Waals surface area contributed by atoms with Crippen LogP contribution < -0.4 is 15.5 Å². The number of guanidine groups is 1. The van der Waals surface area contributed by atoms with Crippen LogP contribution in [0.1, 0.15) is 12.0 Å². The maximum atomic E-state index is 13.9. The van der Waals surface area contributed by atoms with Gasteiger partial charge in [0, 0.05) is 52.2 Å². The Labute approximate surface area is 147 Å². The van der Waals surface area contributed by atoms with Crippen LogP contribution in [0.4, 0.5) is 10.2 Å². The summed E-state index contributed by atoms with van der Waals surface area (Å²) in [5.41, 5.74) is 1.18. The van der Waals surface area contributed by atoms with Crippen LogP contribution >= 0.6 is 0 Å². The number of halogens is 1. The van der Waals surface area contributed by atoms with Crippen LogP contribution in [-0.4, -0.2) is 53.4 Å². The van der Waals surface area contributed by atoms with Crippen molar-refractivity contribution in [1.82, 2.24) is 25.4 Å². The number of nitrogens with one attached hydrogen (secondary N) is 2. The van der Waals surface area contributed by atoms with Crippen molar-refractivity contribution < 1.29 is 4.39 Å². The SMILES string of the molecule is CN=C(NCCc1cnn(C)c1)NC1CCN(c2ncccc2F)C1. The standard InChI is InChI=1S/C17H24FN7/c1-19-17(21-8-5-13-10-22-24(2)11-13)23-14-6-9-25(12-14)16-15(18)4-3-7-20-16/h3-4,7,10-11,14H,5-6,8-9,12H2,1-2H3,(H2,19,21,23). The number of nitrogens with zero attached hydrogens (tertiary/aromatic N) is 5. The van der Waals surface area contributed by atoms with Crippen molar-refractivity contribution in [1.29, 1.82) is 0 Å². The molecular weight excluding hydrogens is 321 g/mol. The second-order valence-electron chi connectivity index (χ2n) is 6.16. The molecule has 2 aromatic heterocycles. The van der Waals surface area contributed by atoms with Gasteiger partial charge in [0.05, 0.1) is 6.20 Å². The third kappa shape index (κ3) is 4.46. The van der Waals surface area contributed by atoms with E-state index in [2.05, 4.69) is 25.7 Å². The van der Waals surface area contributed by atoms with E-state index in [1.165, 1.54) is 11.6 Å². The lowest BCUT2D eigenvalue weighted by atomic mass is 10.2. The fourth-order valence-corrected chi connectivity index (χ4v) is 2.99. The van der Waals surface area contributed by atoms with E-state index >= 15 is 0 Å². The van der Waals surface area contributed by atoms with Gasteiger partial charge in [-0.25, -0.2) is 9.37 Å². The monoisotopic (exact) mass is 345 g/mol. The second-order valence-corrected chi connectivity index (χ2v) is 6.16. The van der Waals surface area contributed by atoms with Crippen molar-refractivity contribution in [2.24, 2.45) is 12.0 Å².